The summed E-state index contributed by atoms with van der Waals surface area (Å²) in [5, 5.41) is 2.75. The van der Waals surface area contributed by atoms with Crippen LogP contribution in [0.3, 0.4) is 0 Å². The summed E-state index contributed by atoms with van der Waals surface area (Å²) in [6.45, 7) is 5.68. The van der Waals surface area contributed by atoms with Crippen LogP contribution in [0, 0.1) is 5.82 Å². The zero-order valence-corrected chi connectivity index (χ0v) is 18.5. The van der Waals surface area contributed by atoms with Gasteiger partial charge in [0.05, 0.1) is 4.90 Å². The molecule has 1 heterocycles. The molecule has 1 saturated heterocycles. The van der Waals surface area contributed by atoms with Crippen molar-refractivity contribution >= 4 is 27.5 Å². The van der Waals surface area contributed by atoms with E-state index in [2.05, 4.69) is 10.0 Å². The molecule has 2 N–H and O–H groups in total. The number of hydrogen-bond acceptors (Lipinski definition) is 4. The van der Waals surface area contributed by atoms with E-state index >= 15 is 0 Å². The Bertz CT molecular complexity index is 1060. The van der Waals surface area contributed by atoms with Gasteiger partial charge >= 0.3 is 0 Å². The van der Waals surface area contributed by atoms with Gasteiger partial charge in [-0.15, -0.1) is 0 Å². The fourth-order valence-corrected chi connectivity index (χ4v) is 4.86. The molecule has 9 heteroatoms. The van der Waals surface area contributed by atoms with E-state index in [1.807, 2.05) is 0 Å². The van der Waals surface area contributed by atoms with Gasteiger partial charge in [-0.05, 0) is 82.1 Å². The van der Waals surface area contributed by atoms with Crippen LogP contribution in [0.1, 0.15) is 44.0 Å². The minimum absolute atomic E-state index is 0.0920. The summed E-state index contributed by atoms with van der Waals surface area (Å²) in [7, 11) is -3.67. The lowest BCUT2D eigenvalue weighted by Gasteiger charge is -2.24. The van der Waals surface area contributed by atoms with Crippen LogP contribution in [0.25, 0.3) is 0 Å². The van der Waals surface area contributed by atoms with E-state index in [-0.39, 0.29) is 16.7 Å². The maximum Gasteiger partial charge on any atom is 0.254 e. The molecule has 0 radical (unpaired) electrons. The monoisotopic (exact) mass is 447 g/mol. The van der Waals surface area contributed by atoms with E-state index in [0.717, 1.165) is 0 Å². The van der Waals surface area contributed by atoms with E-state index < -0.39 is 27.4 Å². The smallest absolute Gasteiger partial charge is 0.254 e. The number of nitrogens with zero attached hydrogens (tertiary/aromatic N) is 1. The number of benzene rings is 2. The van der Waals surface area contributed by atoms with Gasteiger partial charge in [0.25, 0.3) is 5.91 Å². The first-order valence-electron chi connectivity index (χ1n) is 9.98. The molecule has 0 spiro atoms. The van der Waals surface area contributed by atoms with Gasteiger partial charge in [0.1, 0.15) is 11.9 Å². The van der Waals surface area contributed by atoms with Crippen molar-refractivity contribution in [3.63, 3.8) is 0 Å². The van der Waals surface area contributed by atoms with Crippen molar-refractivity contribution in [1.29, 1.82) is 0 Å². The van der Waals surface area contributed by atoms with Crippen LogP contribution in [0.15, 0.2) is 53.4 Å². The van der Waals surface area contributed by atoms with Crippen LogP contribution in [0.2, 0.25) is 0 Å². The minimum Gasteiger partial charge on any atom is -0.327 e. The second-order valence-corrected chi connectivity index (χ2v) is 10.2. The van der Waals surface area contributed by atoms with Crippen molar-refractivity contribution in [3.8, 4) is 0 Å². The Morgan fingerprint density at radius 3 is 2.23 bits per heavy atom. The van der Waals surface area contributed by atoms with E-state index in [1.165, 1.54) is 53.4 Å². The SMILES string of the molecule is CC(C)(C)NS(=O)(=O)c1ccc(NC(=O)C2CCCN2C(=O)c2ccc(F)cc2)cc1. The lowest BCUT2D eigenvalue weighted by atomic mass is 10.1. The predicted octanol–water partition coefficient (Wildman–Crippen LogP) is 3.15. The molecule has 1 aliphatic rings. The van der Waals surface area contributed by atoms with Crippen molar-refractivity contribution in [2.75, 3.05) is 11.9 Å². The Hall–Kier alpha value is -2.78. The van der Waals surface area contributed by atoms with Crippen LogP contribution < -0.4 is 10.0 Å². The molecule has 2 aromatic rings. The lowest BCUT2D eigenvalue weighted by molar-refractivity contribution is -0.119. The van der Waals surface area contributed by atoms with Gasteiger partial charge in [0.15, 0.2) is 0 Å². The highest BCUT2D eigenvalue weighted by atomic mass is 32.2. The van der Waals surface area contributed by atoms with Crippen molar-refractivity contribution in [3.05, 3.63) is 59.9 Å². The summed E-state index contributed by atoms with van der Waals surface area (Å²) < 4.78 is 40.5. The highest BCUT2D eigenvalue weighted by molar-refractivity contribution is 7.89. The Balaban J connectivity index is 1.69. The third kappa shape index (κ3) is 5.68. The quantitative estimate of drug-likeness (QED) is 0.736. The van der Waals surface area contributed by atoms with E-state index in [0.29, 0.717) is 30.6 Å². The van der Waals surface area contributed by atoms with Crippen LogP contribution in [0.4, 0.5) is 10.1 Å². The van der Waals surface area contributed by atoms with Crippen molar-refractivity contribution in [2.45, 2.75) is 50.1 Å². The van der Waals surface area contributed by atoms with Crippen LogP contribution in [-0.2, 0) is 14.8 Å². The number of likely N-dealkylation sites (tertiary alicyclic amines) is 1. The van der Waals surface area contributed by atoms with E-state index in [9.17, 15) is 22.4 Å². The van der Waals surface area contributed by atoms with Gasteiger partial charge in [-0.25, -0.2) is 17.5 Å². The fraction of sp³-hybridized carbons (Fsp3) is 0.364. The van der Waals surface area contributed by atoms with Gasteiger partial charge in [-0.3, -0.25) is 9.59 Å². The average Bonchev–Trinajstić information content (AvgIpc) is 3.16. The third-order valence-electron chi connectivity index (χ3n) is 4.78. The van der Waals surface area contributed by atoms with Gasteiger partial charge in [0, 0.05) is 23.3 Å². The number of carbonyl (C=O) groups excluding carboxylic acids is 2. The number of hydrogen-bond donors (Lipinski definition) is 2. The topological polar surface area (TPSA) is 95.6 Å². The van der Waals surface area contributed by atoms with Crippen LogP contribution in [-0.4, -0.2) is 43.3 Å². The molecule has 0 saturated carbocycles. The Labute approximate surface area is 181 Å². The molecular weight excluding hydrogens is 421 g/mol. The largest absolute Gasteiger partial charge is 0.327 e. The molecule has 31 heavy (non-hydrogen) atoms. The van der Waals surface area contributed by atoms with Gasteiger partial charge < -0.3 is 10.2 Å². The third-order valence-corrected chi connectivity index (χ3v) is 6.55. The summed E-state index contributed by atoms with van der Waals surface area (Å²) in [5.74, 6) is -1.11. The molecule has 2 aromatic carbocycles. The number of amides is 2. The first-order chi connectivity index (χ1) is 14.5. The summed E-state index contributed by atoms with van der Waals surface area (Å²) in [6.07, 6.45) is 1.20. The fourth-order valence-electron chi connectivity index (χ4n) is 3.45. The first kappa shape index (κ1) is 22.9. The zero-order valence-electron chi connectivity index (χ0n) is 17.7. The van der Waals surface area contributed by atoms with Crippen molar-refractivity contribution < 1.29 is 22.4 Å². The summed E-state index contributed by atoms with van der Waals surface area (Å²) in [4.78, 5) is 27.1. The lowest BCUT2D eigenvalue weighted by Crippen LogP contribution is -2.43. The van der Waals surface area contributed by atoms with Crippen LogP contribution >= 0.6 is 0 Å². The van der Waals surface area contributed by atoms with Gasteiger partial charge in [-0.2, -0.15) is 0 Å². The number of rotatable bonds is 5. The number of sulfonamides is 1. The zero-order chi connectivity index (χ0) is 22.8. The molecule has 1 aliphatic heterocycles. The molecule has 1 atom stereocenters. The Morgan fingerprint density at radius 2 is 1.65 bits per heavy atom. The molecule has 0 aromatic heterocycles. The Kier molecular flexibility index (Phi) is 6.47. The van der Waals surface area contributed by atoms with E-state index in [4.69, 9.17) is 0 Å². The van der Waals surface area contributed by atoms with Crippen LogP contribution in [0.5, 0.6) is 0 Å². The normalized spacial score (nSPS) is 16.9. The minimum atomic E-state index is -3.67. The van der Waals surface area contributed by atoms with Crippen molar-refractivity contribution in [2.24, 2.45) is 0 Å². The second kappa shape index (κ2) is 8.76. The predicted molar refractivity (Wildman–Crippen MR) is 116 cm³/mol. The van der Waals surface area contributed by atoms with Gasteiger partial charge in [-0.1, -0.05) is 0 Å². The highest BCUT2D eigenvalue weighted by Crippen LogP contribution is 2.23. The summed E-state index contributed by atoms with van der Waals surface area (Å²) >= 11 is 0. The molecule has 7 nitrogen and oxygen atoms in total. The molecule has 0 aliphatic carbocycles. The molecule has 166 valence electrons. The number of carbonyl (C=O) groups is 2. The first-order valence-corrected chi connectivity index (χ1v) is 11.5. The van der Waals surface area contributed by atoms with Gasteiger partial charge in [0.2, 0.25) is 15.9 Å². The maximum absolute atomic E-state index is 13.1. The molecule has 3 rings (SSSR count). The molecule has 0 bridgehead atoms. The summed E-state index contributed by atoms with van der Waals surface area (Å²) in [6, 6.07) is 10.4. The molecule has 2 amide bonds. The molecule has 1 unspecified atom stereocenters. The molecule has 1 fully saturated rings. The standard InChI is InChI=1S/C22H26FN3O4S/c1-22(2,3)25-31(29,30)18-12-10-17(11-13-18)24-20(27)19-5-4-14-26(19)21(28)15-6-8-16(23)9-7-15/h6-13,19,25H,4-5,14H2,1-3H3,(H,24,27). The summed E-state index contributed by atoms with van der Waals surface area (Å²) in [5.41, 5.74) is 0.136. The highest BCUT2D eigenvalue weighted by Gasteiger charge is 2.34. The van der Waals surface area contributed by atoms with E-state index in [1.54, 1.807) is 20.8 Å². The number of nitrogens with one attached hydrogen (secondary N) is 2. The second-order valence-electron chi connectivity index (χ2n) is 8.53. The van der Waals surface area contributed by atoms with Crippen molar-refractivity contribution in [1.82, 2.24) is 9.62 Å². The number of anilines is 1. The average molecular weight is 448 g/mol. The number of halogens is 1. The maximum atomic E-state index is 13.1. The Morgan fingerprint density at radius 1 is 1.03 bits per heavy atom. The molecular formula is C22H26FN3O4S.